The fraction of sp³-hybridized carbons (Fsp3) is 0.0909. The molecule has 11 heteroatoms. The van der Waals surface area contributed by atoms with Gasteiger partial charge in [0, 0.05) is 5.69 Å². The number of rotatable bonds is 3. The van der Waals surface area contributed by atoms with Gasteiger partial charge in [0.15, 0.2) is 5.82 Å². The van der Waals surface area contributed by atoms with Crippen molar-refractivity contribution < 1.29 is 22.5 Å². The lowest BCUT2D eigenvalue weighted by Crippen LogP contribution is -2.16. The maximum absolute atomic E-state index is 12.1. The van der Waals surface area contributed by atoms with Crippen molar-refractivity contribution in [1.29, 1.82) is 0 Å². The summed E-state index contributed by atoms with van der Waals surface area (Å²) in [6.45, 7) is 0. The maximum atomic E-state index is 12.1. The van der Waals surface area contributed by atoms with Crippen molar-refractivity contribution >= 4 is 35.0 Å². The average molecular weight is 329 g/mol. The number of benzene rings is 1. The molecule has 0 aliphatic heterocycles. The van der Waals surface area contributed by atoms with Crippen LogP contribution in [0.25, 0.3) is 11.3 Å². The molecule has 0 amide bonds. The van der Waals surface area contributed by atoms with E-state index in [1.165, 1.54) is 24.3 Å². The van der Waals surface area contributed by atoms with Crippen LogP contribution in [0.5, 0.6) is 5.75 Å². The zero-order valence-corrected chi connectivity index (χ0v) is 11.3. The molecular weight excluding hydrogens is 323 g/mol. The summed E-state index contributed by atoms with van der Waals surface area (Å²) in [5.74, 6) is -0.0602. The second-order valence-electron chi connectivity index (χ2n) is 4.05. The van der Waals surface area contributed by atoms with Crippen LogP contribution in [0.3, 0.4) is 0 Å². The van der Waals surface area contributed by atoms with Gasteiger partial charge in [-0.1, -0.05) is 12.2 Å². The van der Waals surface area contributed by atoms with E-state index in [-0.39, 0.29) is 21.9 Å². The molecule has 3 rings (SSSR count). The highest BCUT2D eigenvalue weighted by Gasteiger charge is 2.30. The molecule has 114 valence electrons. The first-order chi connectivity index (χ1) is 10.4. The van der Waals surface area contributed by atoms with Gasteiger partial charge in [-0.3, -0.25) is 0 Å². The van der Waals surface area contributed by atoms with Gasteiger partial charge >= 0.3 is 6.36 Å². The van der Waals surface area contributed by atoms with Crippen LogP contribution in [-0.4, -0.2) is 26.6 Å². The summed E-state index contributed by atoms with van der Waals surface area (Å²) in [5, 5.41) is 9.96. The van der Waals surface area contributed by atoms with E-state index < -0.39 is 6.36 Å². The number of ether oxygens (including phenoxy) is 1. The third kappa shape index (κ3) is 3.14. The maximum Gasteiger partial charge on any atom is 0.573 e. The van der Waals surface area contributed by atoms with Crippen molar-refractivity contribution in [3.63, 3.8) is 0 Å². The van der Waals surface area contributed by atoms with Gasteiger partial charge in [0.2, 0.25) is 11.3 Å². The van der Waals surface area contributed by atoms with Gasteiger partial charge in [0.05, 0.1) is 0 Å². The Labute approximate surface area is 125 Å². The zero-order chi connectivity index (χ0) is 15.7. The van der Waals surface area contributed by atoms with Crippen LogP contribution in [0.2, 0.25) is 0 Å². The molecular formula is C11H6F3N5O2S. The summed E-state index contributed by atoms with van der Waals surface area (Å²) >= 11 is 5.08. The van der Waals surface area contributed by atoms with Crippen molar-refractivity contribution in [3.05, 3.63) is 28.9 Å². The van der Waals surface area contributed by atoms with Gasteiger partial charge in [-0.15, -0.1) is 13.2 Å². The molecule has 0 bridgehead atoms. The van der Waals surface area contributed by atoms with Crippen LogP contribution in [0, 0.1) is 4.64 Å². The van der Waals surface area contributed by atoms with Gasteiger partial charge in [-0.2, -0.15) is 0 Å². The van der Waals surface area contributed by atoms with E-state index in [1.807, 2.05) is 0 Å². The van der Waals surface area contributed by atoms with E-state index in [9.17, 15) is 13.2 Å². The molecule has 3 aromatic rings. The fourth-order valence-corrected chi connectivity index (χ4v) is 1.81. The summed E-state index contributed by atoms with van der Waals surface area (Å²) in [6.07, 6.45) is -4.73. The number of fused-ring (bicyclic) bond motifs is 1. The SMILES string of the molecule is FC(F)(F)Oc1ccc(Nc2nc3nonc3[nH]c2=S)cc1. The molecule has 22 heavy (non-hydrogen) atoms. The number of anilines is 2. The van der Waals surface area contributed by atoms with Crippen LogP contribution in [0.15, 0.2) is 28.9 Å². The Kier molecular flexibility index (Phi) is 3.41. The Morgan fingerprint density at radius 1 is 1.18 bits per heavy atom. The standard InChI is InChI=1S/C11H6F3N5O2S/c12-11(13,14)20-6-3-1-5(2-4-6)15-9-10(22)17-8-7(16-9)18-21-19-8/h1-4H,(H,15,16,18)(H,17,19,22). The molecule has 2 heterocycles. The summed E-state index contributed by atoms with van der Waals surface area (Å²) in [6, 6.07) is 5.11. The van der Waals surface area contributed by atoms with E-state index in [0.29, 0.717) is 11.3 Å². The molecule has 2 aromatic heterocycles. The number of nitrogens with one attached hydrogen (secondary N) is 2. The van der Waals surface area contributed by atoms with Crippen molar-refractivity contribution in [2.45, 2.75) is 6.36 Å². The largest absolute Gasteiger partial charge is 0.573 e. The van der Waals surface area contributed by atoms with Crippen LogP contribution in [-0.2, 0) is 0 Å². The third-order valence-corrected chi connectivity index (χ3v) is 2.78. The number of hydrogen-bond acceptors (Lipinski definition) is 7. The van der Waals surface area contributed by atoms with Crippen LogP contribution < -0.4 is 10.1 Å². The van der Waals surface area contributed by atoms with E-state index in [4.69, 9.17) is 12.2 Å². The van der Waals surface area contributed by atoms with Gasteiger partial charge in [-0.05, 0) is 34.6 Å². The van der Waals surface area contributed by atoms with Crippen LogP contribution in [0.1, 0.15) is 0 Å². The molecule has 1 aromatic carbocycles. The van der Waals surface area contributed by atoms with Crippen LogP contribution >= 0.6 is 12.2 Å². The van der Waals surface area contributed by atoms with Crippen LogP contribution in [0.4, 0.5) is 24.7 Å². The summed E-state index contributed by atoms with van der Waals surface area (Å²) in [5.41, 5.74) is 0.981. The lowest BCUT2D eigenvalue weighted by atomic mass is 10.3. The van der Waals surface area contributed by atoms with Crippen molar-refractivity contribution in [3.8, 4) is 5.75 Å². The molecule has 0 radical (unpaired) electrons. The first-order valence-corrected chi connectivity index (χ1v) is 6.17. The smallest absolute Gasteiger partial charge is 0.406 e. The minimum atomic E-state index is -4.73. The highest BCUT2D eigenvalue weighted by atomic mass is 32.1. The third-order valence-electron chi connectivity index (χ3n) is 2.49. The number of hydrogen-bond donors (Lipinski definition) is 2. The van der Waals surface area contributed by atoms with Crippen molar-refractivity contribution in [1.82, 2.24) is 20.3 Å². The predicted octanol–water partition coefficient (Wildman–Crippen LogP) is 3.32. The summed E-state index contributed by atoms with van der Waals surface area (Å²) in [4.78, 5) is 6.84. The monoisotopic (exact) mass is 329 g/mol. The number of H-pyrrole nitrogens is 1. The lowest BCUT2D eigenvalue weighted by Gasteiger charge is -2.10. The van der Waals surface area contributed by atoms with Crippen molar-refractivity contribution in [2.24, 2.45) is 0 Å². The second kappa shape index (κ2) is 5.26. The van der Waals surface area contributed by atoms with E-state index >= 15 is 0 Å². The highest BCUT2D eigenvalue weighted by Crippen LogP contribution is 2.25. The first kappa shape index (κ1) is 14.3. The highest BCUT2D eigenvalue weighted by molar-refractivity contribution is 7.71. The number of nitrogens with zero attached hydrogens (tertiary/aromatic N) is 3. The molecule has 0 saturated carbocycles. The second-order valence-corrected chi connectivity index (χ2v) is 4.46. The molecule has 0 aliphatic rings. The Hall–Kier alpha value is -2.69. The molecule has 0 unspecified atom stereocenters. The van der Waals surface area contributed by atoms with Gasteiger partial charge < -0.3 is 15.0 Å². The number of alkyl halides is 3. The Bertz CT molecular complexity index is 859. The molecule has 0 atom stereocenters. The number of halogens is 3. The van der Waals surface area contributed by atoms with Gasteiger partial charge in [-0.25, -0.2) is 9.61 Å². The quantitative estimate of drug-likeness (QED) is 0.713. The van der Waals surface area contributed by atoms with E-state index in [0.717, 1.165) is 0 Å². The van der Waals surface area contributed by atoms with Crippen molar-refractivity contribution in [2.75, 3.05) is 5.32 Å². The lowest BCUT2D eigenvalue weighted by molar-refractivity contribution is -0.274. The zero-order valence-electron chi connectivity index (χ0n) is 10.5. The Balaban J connectivity index is 1.82. The molecule has 0 saturated heterocycles. The number of aromatic amines is 1. The summed E-state index contributed by atoms with van der Waals surface area (Å²) < 4.78 is 44.7. The Morgan fingerprint density at radius 2 is 1.91 bits per heavy atom. The number of aromatic nitrogens is 4. The fourth-order valence-electron chi connectivity index (χ4n) is 1.62. The molecule has 0 aliphatic carbocycles. The minimum absolute atomic E-state index is 0.216. The van der Waals surface area contributed by atoms with E-state index in [2.05, 4.69) is 35.0 Å². The molecule has 0 spiro atoms. The average Bonchev–Trinajstić information content (AvgIpc) is 2.87. The van der Waals surface area contributed by atoms with E-state index in [1.54, 1.807) is 0 Å². The Morgan fingerprint density at radius 3 is 2.59 bits per heavy atom. The summed E-state index contributed by atoms with van der Waals surface area (Å²) in [7, 11) is 0. The first-order valence-electron chi connectivity index (χ1n) is 5.76. The topological polar surface area (TPSA) is 88.9 Å². The molecule has 0 fully saturated rings. The minimum Gasteiger partial charge on any atom is -0.406 e. The predicted molar refractivity (Wildman–Crippen MR) is 71.2 cm³/mol. The molecule has 7 nitrogen and oxygen atoms in total. The van der Waals surface area contributed by atoms with Gasteiger partial charge in [0.25, 0.3) is 0 Å². The normalized spacial score (nSPS) is 11.6. The van der Waals surface area contributed by atoms with Gasteiger partial charge in [0.1, 0.15) is 10.4 Å². The molecule has 2 N–H and O–H groups in total.